The van der Waals surface area contributed by atoms with E-state index in [1.165, 1.54) is 0 Å². The molecule has 0 saturated heterocycles. The van der Waals surface area contributed by atoms with Gasteiger partial charge in [-0.25, -0.2) is 9.78 Å². The molecule has 66 valence electrons. The maximum Gasteiger partial charge on any atom is 0.361 e. The van der Waals surface area contributed by atoms with Crippen LogP contribution in [0.4, 0.5) is 0 Å². The Kier molecular flexibility index (Phi) is 2.70. The lowest BCUT2D eigenvalue weighted by atomic mass is 10.5. The van der Waals surface area contributed by atoms with E-state index in [1.54, 1.807) is 13.8 Å². The zero-order chi connectivity index (χ0) is 9.14. The zero-order valence-corrected chi connectivity index (χ0v) is 7.51. The van der Waals surface area contributed by atoms with E-state index < -0.39 is 5.97 Å². The van der Waals surface area contributed by atoms with E-state index in [9.17, 15) is 4.79 Å². The van der Waals surface area contributed by atoms with Crippen molar-refractivity contribution in [3.05, 3.63) is 16.8 Å². The van der Waals surface area contributed by atoms with Gasteiger partial charge in [0.05, 0.1) is 6.61 Å². The Labute approximate surface area is 74.5 Å². The van der Waals surface area contributed by atoms with Crippen molar-refractivity contribution in [2.45, 2.75) is 13.8 Å². The van der Waals surface area contributed by atoms with Crippen LogP contribution >= 0.6 is 11.6 Å². The van der Waals surface area contributed by atoms with Crippen molar-refractivity contribution in [3.63, 3.8) is 0 Å². The highest BCUT2D eigenvalue weighted by Gasteiger charge is 2.17. The van der Waals surface area contributed by atoms with Gasteiger partial charge in [-0.15, -0.1) is 0 Å². The second kappa shape index (κ2) is 3.58. The fraction of sp³-hybridized carbons (Fsp3) is 0.429. The second-order valence-corrected chi connectivity index (χ2v) is 2.42. The molecular weight excluding hydrogens is 182 g/mol. The van der Waals surface area contributed by atoms with Crippen molar-refractivity contribution in [2.24, 2.45) is 0 Å². The third-order valence-corrected chi connectivity index (χ3v) is 1.42. The van der Waals surface area contributed by atoms with Gasteiger partial charge < -0.3 is 9.15 Å². The quantitative estimate of drug-likeness (QED) is 0.666. The number of rotatable bonds is 2. The average molecular weight is 190 g/mol. The molecule has 5 heteroatoms. The van der Waals surface area contributed by atoms with Gasteiger partial charge in [0.15, 0.2) is 5.89 Å². The highest BCUT2D eigenvalue weighted by atomic mass is 35.5. The second-order valence-electron chi connectivity index (χ2n) is 2.08. The summed E-state index contributed by atoms with van der Waals surface area (Å²) < 4.78 is 9.51. The number of hydrogen-bond donors (Lipinski definition) is 0. The van der Waals surface area contributed by atoms with Gasteiger partial charge >= 0.3 is 5.97 Å². The van der Waals surface area contributed by atoms with Crippen LogP contribution in [0.3, 0.4) is 0 Å². The fourth-order valence-electron chi connectivity index (χ4n) is 0.728. The summed E-state index contributed by atoms with van der Waals surface area (Å²) in [5, 5.41) is -0.0223. The third kappa shape index (κ3) is 1.76. The molecule has 0 radical (unpaired) electrons. The van der Waals surface area contributed by atoms with Gasteiger partial charge in [0.25, 0.3) is 0 Å². The van der Waals surface area contributed by atoms with Crippen molar-refractivity contribution in [2.75, 3.05) is 6.61 Å². The summed E-state index contributed by atoms with van der Waals surface area (Å²) in [6.45, 7) is 3.61. The normalized spacial score (nSPS) is 9.92. The molecule has 0 aliphatic rings. The summed E-state index contributed by atoms with van der Waals surface area (Å²) in [5.41, 5.74) is 0.0380. The minimum Gasteiger partial charge on any atom is -0.461 e. The minimum atomic E-state index is -0.556. The summed E-state index contributed by atoms with van der Waals surface area (Å²) >= 11 is 5.55. The predicted octanol–water partition coefficient (Wildman–Crippen LogP) is 1.81. The van der Waals surface area contributed by atoms with Crippen LogP contribution in [0.15, 0.2) is 4.42 Å². The Morgan fingerprint density at radius 2 is 2.42 bits per heavy atom. The number of carbonyl (C=O) groups excluding carboxylic acids is 1. The Balaban J connectivity index is 2.87. The largest absolute Gasteiger partial charge is 0.461 e. The van der Waals surface area contributed by atoms with Gasteiger partial charge in [-0.2, -0.15) is 0 Å². The van der Waals surface area contributed by atoms with Gasteiger partial charge in [-0.05, 0) is 18.5 Å². The number of ether oxygens (including phenoxy) is 1. The Morgan fingerprint density at radius 3 is 2.83 bits per heavy atom. The number of nitrogens with zero attached hydrogens (tertiary/aromatic N) is 1. The fourth-order valence-corrected chi connectivity index (χ4v) is 0.959. The summed E-state index contributed by atoms with van der Waals surface area (Å²) in [6.07, 6.45) is 0. The lowest BCUT2D eigenvalue weighted by Gasteiger charge is -1.95. The molecule has 1 rings (SSSR count). The molecule has 1 heterocycles. The molecule has 0 N–H and O–H groups in total. The topological polar surface area (TPSA) is 52.3 Å². The molecule has 0 atom stereocenters. The molecule has 4 nitrogen and oxygen atoms in total. The minimum absolute atomic E-state index is 0.0223. The van der Waals surface area contributed by atoms with Gasteiger partial charge in [0.2, 0.25) is 10.9 Å². The molecule has 1 aromatic rings. The number of halogens is 1. The van der Waals surface area contributed by atoms with Crippen molar-refractivity contribution >= 4 is 17.6 Å². The Morgan fingerprint density at radius 1 is 1.75 bits per heavy atom. The van der Waals surface area contributed by atoms with Crippen LogP contribution in [0.5, 0.6) is 0 Å². The SMILES string of the molecule is CCOC(=O)c1nc(C)oc1Cl. The van der Waals surface area contributed by atoms with Crippen LogP contribution in [0.1, 0.15) is 23.3 Å². The molecule has 0 bridgehead atoms. The monoisotopic (exact) mass is 189 g/mol. The van der Waals surface area contributed by atoms with E-state index in [4.69, 9.17) is 16.0 Å². The number of oxazole rings is 1. The summed E-state index contributed by atoms with van der Waals surface area (Å²) in [5.74, 6) is -0.206. The number of aryl methyl sites for hydroxylation is 1. The summed E-state index contributed by atoms with van der Waals surface area (Å²) in [6, 6.07) is 0. The van der Waals surface area contributed by atoms with Crippen molar-refractivity contribution in [1.29, 1.82) is 0 Å². The van der Waals surface area contributed by atoms with Gasteiger partial charge in [-0.1, -0.05) is 0 Å². The molecule has 0 aliphatic carbocycles. The van der Waals surface area contributed by atoms with Crippen LogP contribution in [0.2, 0.25) is 5.22 Å². The van der Waals surface area contributed by atoms with Crippen LogP contribution < -0.4 is 0 Å². The standard InChI is InChI=1S/C7H8ClNO3/c1-3-11-7(10)5-6(8)12-4(2)9-5/h3H2,1-2H3. The molecule has 0 saturated carbocycles. The molecule has 0 amide bonds. The third-order valence-electron chi connectivity index (χ3n) is 1.16. The lowest BCUT2D eigenvalue weighted by Crippen LogP contribution is -2.05. The molecule has 12 heavy (non-hydrogen) atoms. The average Bonchev–Trinajstić information content (AvgIpc) is 2.30. The van der Waals surface area contributed by atoms with Gasteiger partial charge in [0, 0.05) is 6.92 Å². The molecular formula is C7H8ClNO3. The van der Waals surface area contributed by atoms with Gasteiger partial charge in [0.1, 0.15) is 0 Å². The smallest absolute Gasteiger partial charge is 0.361 e. The highest BCUT2D eigenvalue weighted by molar-refractivity contribution is 6.31. The molecule has 0 fully saturated rings. The first-order chi connectivity index (χ1) is 5.65. The van der Waals surface area contributed by atoms with E-state index in [0.29, 0.717) is 12.5 Å². The maximum atomic E-state index is 11.0. The zero-order valence-electron chi connectivity index (χ0n) is 6.76. The first-order valence-electron chi connectivity index (χ1n) is 3.45. The van der Waals surface area contributed by atoms with Crippen molar-refractivity contribution in [3.8, 4) is 0 Å². The number of aromatic nitrogens is 1. The first kappa shape index (κ1) is 9.06. The first-order valence-corrected chi connectivity index (χ1v) is 3.83. The van der Waals surface area contributed by atoms with E-state index in [2.05, 4.69) is 9.72 Å². The summed E-state index contributed by atoms with van der Waals surface area (Å²) in [7, 11) is 0. The molecule has 0 spiro atoms. The van der Waals surface area contributed by atoms with Crippen LogP contribution in [0, 0.1) is 6.92 Å². The van der Waals surface area contributed by atoms with Crippen LogP contribution in [0.25, 0.3) is 0 Å². The van der Waals surface area contributed by atoms with Crippen molar-refractivity contribution in [1.82, 2.24) is 4.98 Å². The summed E-state index contributed by atoms with van der Waals surface area (Å²) in [4.78, 5) is 14.8. The van der Waals surface area contributed by atoms with E-state index in [0.717, 1.165) is 0 Å². The van der Waals surface area contributed by atoms with E-state index in [-0.39, 0.29) is 10.9 Å². The van der Waals surface area contributed by atoms with Gasteiger partial charge in [-0.3, -0.25) is 0 Å². The molecule has 0 unspecified atom stereocenters. The Hall–Kier alpha value is -1.03. The number of carbonyl (C=O) groups is 1. The molecule has 0 aliphatic heterocycles. The van der Waals surface area contributed by atoms with Crippen LogP contribution in [-0.4, -0.2) is 17.6 Å². The number of hydrogen-bond acceptors (Lipinski definition) is 4. The molecule has 0 aromatic carbocycles. The lowest BCUT2D eigenvalue weighted by molar-refractivity contribution is 0.0519. The molecule has 1 aromatic heterocycles. The van der Waals surface area contributed by atoms with Crippen LogP contribution in [-0.2, 0) is 4.74 Å². The van der Waals surface area contributed by atoms with E-state index in [1.807, 2.05) is 0 Å². The highest BCUT2D eigenvalue weighted by Crippen LogP contribution is 2.17. The number of esters is 1. The van der Waals surface area contributed by atoms with E-state index >= 15 is 0 Å². The predicted molar refractivity (Wildman–Crippen MR) is 42.2 cm³/mol. The Bertz CT molecular complexity index is 295. The van der Waals surface area contributed by atoms with Crippen molar-refractivity contribution < 1.29 is 13.9 Å². The maximum absolute atomic E-state index is 11.0.